The van der Waals surface area contributed by atoms with Gasteiger partial charge in [0.2, 0.25) is 5.91 Å². The van der Waals surface area contributed by atoms with Gasteiger partial charge in [0, 0.05) is 6.42 Å². The molecule has 0 atom stereocenters. The third kappa shape index (κ3) is 4.89. The Morgan fingerprint density at radius 1 is 1.26 bits per heavy atom. The Kier molecular flexibility index (Phi) is 5.88. The van der Waals surface area contributed by atoms with Crippen molar-refractivity contribution >= 4 is 28.9 Å². The molecule has 0 spiro atoms. The van der Waals surface area contributed by atoms with Crippen LogP contribution in [0.2, 0.25) is 5.02 Å². The Labute approximate surface area is 141 Å². The number of halogens is 1. The summed E-state index contributed by atoms with van der Waals surface area (Å²) in [6.07, 6.45) is 0.957. The molecule has 122 valence electrons. The van der Waals surface area contributed by atoms with E-state index in [-0.39, 0.29) is 5.91 Å². The minimum absolute atomic E-state index is 0.0801. The highest BCUT2D eigenvalue weighted by atomic mass is 35.5. The SMILES string of the molecule is Cc1cc(C)c(NC(=O)CCCOc2ccccc2N)c(Cl)c1. The number of nitrogens with one attached hydrogen (secondary N) is 1. The zero-order valence-electron chi connectivity index (χ0n) is 13.4. The molecular weight excluding hydrogens is 312 g/mol. The van der Waals surface area contributed by atoms with Gasteiger partial charge < -0.3 is 15.8 Å². The number of amides is 1. The van der Waals surface area contributed by atoms with E-state index < -0.39 is 0 Å². The highest BCUT2D eigenvalue weighted by molar-refractivity contribution is 6.34. The molecule has 4 nitrogen and oxygen atoms in total. The van der Waals surface area contributed by atoms with Crippen LogP contribution in [0.25, 0.3) is 0 Å². The number of nitrogens with two attached hydrogens (primary N) is 1. The second kappa shape index (κ2) is 7.88. The zero-order valence-corrected chi connectivity index (χ0v) is 14.1. The van der Waals surface area contributed by atoms with E-state index in [9.17, 15) is 4.79 Å². The molecule has 0 aliphatic heterocycles. The predicted molar refractivity (Wildman–Crippen MR) is 95.1 cm³/mol. The summed E-state index contributed by atoms with van der Waals surface area (Å²) in [7, 11) is 0. The summed E-state index contributed by atoms with van der Waals surface area (Å²) in [5, 5.41) is 3.42. The van der Waals surface area contributed by atoms with Crippen molar-refractivity contribution in [3.8, 4) is 5.75 Å². The van der Waals surface area contributed by atoms with Crippen LogP contribution in [0.3, 0.4) is 0 Å². The minimum Gasteiger partial charge on any atom is -0.491 e. The van der Waals surface area contributed by atoms with Gasteiger partial charge in [-0.3, -0.25) is 4.79 Å². The molecule has 0 radical (unpaired) electrons. The van der Waals surface area contributed by atoms with Crippen LogP contribution in [0.1, 0.15) is 24.0 Å². The van der Waals surface area contributed by atoms with E-state index in [1.54, 1.807) is 6.07 Å². The van der Waals surface area contributed by atoms with E-state index >= 15 is 0 Å². The molecule has 0 saturated heterocycles. The van der Waals surface area contributed by atoms with E-state index in [1.165, 1.54) is 0 Å². The van der Waals surface area contributed by atoms with Crippen molar-refractivity contribution in [2.24, 2.45) is 0 Å². The smallest absolute Gasteiger partial charge is 0.224 e. The molecule has 0 unspecified atom stereocenters. The van der Waals surface area contributed by atoms with Crippen molar-refractivity contribution < 1.29 is 9.53 Å². The Morgan fingerprint density at radius 2 is 2.00 bits per heavy atom. The maximum atomic E-state index is 12.0. The highest BCUT2D eigenvalue weighted by Gasteiger charge is 2.09. The molecule has 5 heteroatoms. The lowest BCUT2D eigenvalue weighted by Crippen LogP contribution is -2.14. The number of carbonyl (C=O) groups excluding carboxylic acids is 1. The van der Waals surface area contributed by atoms with Crippen molar-refractivity contribution in [1.29, 1.82) is 0 Å². The van der Waals surface area contributed by atoms with E-state index in [0.717, 1.165) is 11.1 Å². The molecule has 0 saturated carbocycles. The number of aryl methyl sites for hydroxylation is 2. The fourth-order valence-corrected chi connectivity index (χ4v) is 2.67. The molecule has 23 heavy (non-hydrogen) atoms. The lowest BCUT2D eigenvalue weighted by molar-refractivity contribution is -0.116. The van der Waals surface area contributed by atoms with Gasteiger partial charge in [0.15, 0.2) is 0 Å². The highest BCUT2D eigenvalue weighted by Crippen LogP contribution is 2.27. The predicted octanol–water partition coefficient (Wildman–Crippen LogP) is 4.34. The third-order valence-corrected chi connectivity index (χ3v) is 3.72. The number of carbonyl (C=O) groups is 1. The third-order valence-electron chi connectivity index (χ3n) is 3.42. The monoisotopic (exact) mass is 332 g/mol. The van der Waals surface area contributed by atoms with Crippen LogP contribution in [0, 0.1) is 13.8 Å². The van der Waals surface area contributed by atoms with Gasteiger partial charge in [0.05, 0.1) is 23.0 Å². The van der Waals surface area contributed by atoms with Crippen molar-refractivity contribution in [3.05, 3.63) is 52.5 Å². The fraction of sp³-hybridized carbons (Fsp3) is 0.278. The van der Waals surface area contributed by atoms with Gasteiger partial charge in [-0.25, -0.2) is 0 Å². The van der Waals surface area contributed by atoms with Crippen molar-refractivity contribution in [2.45, 2.75) is 26.7 Å². The summed E-state index contributed by atoms with van der Waals surface area (Å²) < 4.78 is 5.57. The molecule has 0 aliphatic rings. The molecular formula is C18H21ClN2O2. The van der Waals surface area contributed by atoms with Crippen LogP contribution >= 0.6 is 11.6 Å². The molecule has 2 rings (SSSR count). The lowest BCUT2D eigenvalue weighted by Gasteiger charge is -2.12. The standard InChI is InChI=1S/C18H21ClN2O2/c1-12-10-13(2)18(14(19)11-12)21-17(22)8-5-9-23-16-7-4-3-6-15(16)20/h3-4,6-7,10-11H,5,8-9,20H2,1-2H3,(H,21,22). The number of rotatable bonds is 6. The normalized spacial score (nSPS) is 10.4. The molecule has 3 N–H and O–H groups in total. The summed E-state index contributed by atoms with van der Waals surface area (Å²) >= 11 is 6.18. The number of ether oxygens (including phenoxy) is 1. The summed E-state index contributed by atoms with van der Waals surface area (Å²) in [4.78, 5) is 12.0. The Morgan fingerprint density at radius 3 is 2.70 bits per heavy atom. The molecule has 2 aromatic carbocycles. The maximum absolute atomic E-state index is 12.0. The second-order valence-corrected chi connectivity index (χ2v) is 5.88. The average molecular weight is 333 g/mol. The topological polar surface area (TPSA) is 64.3 Å². The van der Waals surface area contributed by atoms with Gasteiger partial charge in [-0.2, -0.15) is 0 Å². The number of benzene rings is 2. The average Bonchev–Trinajstić information content (AvgIpc) is 2.49. The van der Waals surface area contributed by atoms with Gasteiger partial charge >= 0.3 is 0 Å². The molecule has 2 aromatic rings. The number of para-hydroxylation sites is 2. The van der Waals surface area contributed by atoms with E-state index in [4.69, 9.17) is 22.1 Å². The van der Waals surface area contributed by atoms with Crippen molar-refractivity contribution in [1.82, 2.24) is 0 Å². The van der Waals surface area contributed by atoms with Gasteiger partial charge in [0.25, 0.3) is 0 Å². The van der Waals surface area contributed by atoms with E-state index in [2.05, 4.69) is 5.32 Å². The number of anilines is 2. The first kappa shape index (κ1) is 17.2. The molecule has 0 fully saturated rings. The van der Waals surface area contributed by atoms with Crippen LogP contribution in [0.15, 0.2) is 36.4 Å². The summed E-state index contributed by atoms with van der Waals surface area (Å²) in [6.45, 7) is 4.33. The van der Waals surface area contributed by atoms with Crippen molar-refractivity contribution in [3.63, 3.8) is 0 Å². The number of nitrogen functional groups attached to an aromatic ring is 1. The van der Waals surface area contributed by atoms with E-state index in [0.29, 0.717) is 41.6 Å². The van der Waals surface area contributed by atoms with E-state index in [1.807, 2.05) is 44.2 Å². The fourth-order valence-electron chi connectivity index (χ4n) is 2.30. The first-order valence-electron chi connectivity index (χ1n) is 7.51. The molecule has 0 aromatic heterocycles. The van der Waals surface area contributed by atoms with Gasteiger partial charge in [-0.15, -0.1) is 0 Å². The Balaban J connectivity index is 1.81. The van der Waals surface area contributed by atoms with Gasteiger partial charge in [0.1, 0.15) is 5.75 Å². The summed E-state index contributed by atoms with van der Waals surface area (Å²) in [6, 6.07) is 11.1. The molecule has 0 aliphatic carbocycles. The Hall–Kier alpha value is -2.20. The van der Waals surface area contributed by atoms with Gasteiger partial charge in [-0.1, -0.05) is 29.8 Å². The van der Waals surface area contributed by atoms with Crippen LogP contribution in [-0.2, 0) is 4.79 Å². The van der Waals surface area contributed by atoms with Crippen LogP contribution in [0.5, 0.6) is 5.75 Å². The van der Waals surface area contributed by atoms with Crippen LogP contribution < -0.4 is 15.8 Å². The van der Waals surface area contributed by atoms with Crippen molar-refractivity contribution in [2.75, 3.05) is 17.7 Å². The van der Waals surface area contributed by atoms with Crippen LogP contribution in [-0.4, -0.2) is 12.5 Å². The number of hydrogen-bond donors (Lipinski definition) is 2. The minimum atomic E-state index is -0.0801. The first-order valence-corrected chi connectivity index (χ1v) is 7.89. The lowest BCUT2D eigenvalue weighted by atomic mass is 10.1. The first-order chi connectivity index (χ1) is 11.0. The summed E-state index contributed by atoms with van der Waals surface area (Å²) in [5.74, 6) is 0.564. The maximum Gasteiger partial charge on any atom is 0.224 e. The van der Waals surface area contributed by atoms with Crippen LogP contribution in [0.4, 0.5) is 11.4 Å². The molecule has 1 amide bonds. The quantitative estimate of drug-likeness (QED) is 0.611. The Bertz CT molecular complexity index is 678. The molecule has 0 bridgehead atoms. The largest absolute Gasteiger partial charge is 0.491 e. The second-order valence-electron chi connectivity index (χ2n) is 5.48. The number of hydrogen-bond acceptors (Lipinski definition) is 3. The zero-order chi connectivity index (χ0) is 16.8. The summed E-state index contributed by atoms with van der Waals surface area (Å²) in [5.41, 5.74) is 9.09. The molecule has 0 heterocycles. The van der Waals surface area contributed by atoms with Gasteiger partial charge in [-0.05, 0) is 49.6 Å².